The van der Waals surface area contributed by atoms with Crippen LogP contribution in [0.2, 0.25) is 0 Å². The smallest absolute Gasteiger partial charge is 0.303 e. The van der Waals surface area contributed by atoms with Crippen molar-refractivity contribution >= 4 is 35.1 Å². The molecule has 15 nitrogen and oxygen atoms in total. The third kappa shape index (κ3) is 9.79. The summed E-state index contributed by atoms with van der Waals surface area (Å²) in [6, 6.07) is 14.7. The Morgan fingerprint density at radius 3 is 1.53 bits per heavy atom. The standard InChI is InChI=1S/C25H30N2O7.C20H24N2O4/c1-14(28)26-19-11-8-15-12-20(32-2)24(33-3)25(34-4)23(15)17-10-9-16(13-18(17)19)27-21(29)6-5-7-22(30)31;1-11(23)22-16-8-5-12-9-17(24-2)19(25-3)20(26-4)18(12)14-7-6-13(21)10-15(14)16/h9-10,12-13,19H,5-8,11H2,1-4H3,(H,26,28)(H,27,29)(H,30,31);6-7,9-10,16H,5,8,21H2,1-4H3,(H,22,23)/t19-;16-/m00/s1. The van der Waals surface area contributed by atoms with Crippen molar-refractivity contribution in [1.82, 2.24) is 10.6 Å². The summed E-state index contributed by atoms with van der Waals surface area (Å²) >= 11 is 0. The Labute approximate surface area is 349 Å². The maximum absolute atomic E-state index is 12.3. The molecule has 0 bridgehead atoms. The molecule has 0 aromatic heterocycles. The molecular formula is C45H54N4O11. The predicted molar refractivity (Wildman–Crippen MR) is 227 cm³/mol. The number of hydrogen-bond acceptors (Lipinski definition) is 11. The third-order valence-electron chi connectivity index (χ3n) is 10.5. The highest BCUT2D eigenvalue weighted by atomic mass is 16.5. The highest BCUT2D eigenvalue weighted by Crippen LogP contribution is 2.52. The summed E-state index contributed by atoms with van der Waals surface area (Å²) in [5.74, 6) is 1.93. The lowest BCUT2D eigenvalue weighted by molar-refractivity contribution is -0.137. The molecule has 6 rings (SSSR count). The van der Waals surface area contributed by atoms with E-state index in [0.717, 1.165) is 57.3 Å². The van der Waals surface area contributed by atoms with Crippen LogP contribution >= 0.6 is 0 Å². The number of benzene rings is 4. The van der Waals surface area contributed by atoms with Crippen LogP contribution in [-0.2, 0) is 32.0 Å². The van der Waals surface area contributed by atoms with E-state index < -0.39 is 5.97 Å². The van der Waals surface area contributed by atoms with Gasteiger partial charge in [-0.3, -0.25) is 19.2 Å². The lowest BCUT2D eigenvalue weighted by Crippen LogP contribution is -2.26. The lowest BCUT2D eigenvalue weighted by atomic mass is 9.93. The molecule has 0 radical (unpaired) electrons. The third-order valence-corrected chi connectivity index (χ3v) is 10.5. The summed E-state index contributed by atoms with van der Waals surface area (Å²) in [4.78, 5) is 46.7. The molecule has 15 heteroatoms. The van der Waals surface area contributed by atoms with Gasteiger partial charge in [0, 0.05) is 49.2 Å². The van der Waals surface area contributed by atoms with Crippen molar-refractivity contribution in [1.29, 1.82) is 0 Å². The first-order valence-corrected chi connectivity index (χ1v) is 19.5. The summed E-state index contributed by atoms with van der Waals surface area (Å²) in [5.41, 5.74) is 14.8. The van der Waals surface area contributed by atoms with Crippen LogP contribution in [0.1, 0.15) is 80.3 Å². The largest absolute Gasteiger partial charge is 0.493 e. The monoisotopic (exact) mass is 826 g/mol. The number of ether oxygens (including phenoxy) is 6. The quantitative estimate of drug-likeness (QED) is 0.0885. The van der Waals surface area contributed by atoms with Gasteiger partial charge in [0.05, 0.1) is 54.7 Å². The molecule has 2 aliphatic carbocycles. The highest BCUT2D eigenvalue weighted by Gasteiger charge is 2.31. The van der Waals surface area contributed by atoms with Gasteiger partial charge in [-0.15, -0.1) is 0 Å². The van der Waals surface area contributed by atoms with E-state index in [9.17, 15) is 19.2 Å². The van der Waals surface area contributed by atoms with E-state index in [1.54, 1.807) is 48.7 Å². The molecule has 4 aromatic rings. The fourth-order valence-corrected chi connectivity index (χ4v) is 7.98. The minimum absolute atomic E-state index is 0.0654. The molecule has 4 aromatic carbocycles. The Balaban J connectivity index is 0.000000236. The second kappa shape index (κ2) is 19.9. The number of nitrogen functional groups attached to an aromatic ring is 1. The Bertz CT molecular complexity index is 2260. The zero-order valence-corrected chi connectivity index (χ0v) is 35.3. The first-order chi connectivity index (χ1) is 28.8. The average Bonchev–Trinajstić information content (AvgIpc) is 3.46. The van der Waals surface area contributed by atoms with Crippen LogP contribution in [-0.4, -0.2) is 71.5 Å². The summed E-state index contributed by atoms with van der Waals surface area (Å²) in [7, 11) is 9.50. The van der Waals surface area contributed by atoms with Crippen molar-refractivity contribution in [3.63, 3.8) is 0 Å². The van der Waals surface area contributed by atoms with Gasteiger partial charge in [0.15, 0.2) is 23.0 Å². The summed E-state index contributed by atoms with van der Waals surface area (Å²) < 4.78 is 33.6. The molecule has 320 valence electrons. The number of hydrogen-bond donors (Lipinski definition) is 5. The van der Waals surface area contributed by atoms with Crippen molar-refractivity contribution in [2.45, 2.75) is 70.9 Å². The number of carbonyl (C=O) groups is 4. The van der Waals surface area contributed by atoms with Gasteiger partial charge in [-0.05, 0) is 102 Å². The van der Waals surface area contributed by atoms with Crippen LogP contribution < -0.4 is 50.1 Å². The zero-order valence-electron chi connectivity index (χ0n) is 35.3. The van der Waals surface area contributed by atoms with E-state index in [4.69, 9.17) is 39.3 Å². The van der Waals surface area contributed by atoms with Crippen LogP contribution in [0.4, 0.5) is 11.4 Å². The number of anilines is 2. The van der Waals surface area contributed by atoms with Crippen molar-refractivity contribution in [3.05, 3.63) is 70.8 Å². The summed E-state index contributed by atoms with van der Waals surface area (Å²) in [6.45, 7) is 3.00. The van der Waals surface area contributed by atoms with Crippen molar-refractivity contribution in [2.75, 3.05) is 53.7 Å². The van der Waals surface area contributed by atoms with Gasteiger partial charge in [0.25, 0.3) is 0 Å². The Morgan fingerprint density at radius 1 is 0.633 bits per heavy atom. The number of rotatable bonds is 13. The van der Waals surface area contributed by atoms with Crippen molar-refractivity contribution < 1.29 is 52.7 Å². The fraction of sp³-hybridized carbons (Fsp3) is 0.378. The van der Waals surface area contributed by atoms with E-state index in [0.29, 0.717) is 58.7 Å². The number of aryl methyl sites for hydroxylation is 2. The summed E-state index contributed by atoms with van der Waals surface area (Å²) in [6.07, 6.45) is 3.09. The summed E-state index contributed by atoms with van der Waals surface area (Å²) in [5, 5.41) is 17.7. The number of carbonyl (C=O) groups excluding carboxylic acids is 3. The maximum Gasteiger partial charge on any atom is 0.303 e. The Morgan fingerprint density at radius 2 is 1.10 bits per heavy atom. The first-order valence-electron chi connectivity index (χ1n) is 19.5. The van der Waals surface area contributed by atoms with Crippen LogP contribution in [0.5, 0.6) is 34.5 Å². The van der Waals surface area contributed by atoms with Gasteiger partial charge in [-0.25, -0.2) is 0 Å². The van der Waals surface area contributed by atoms with E-state index in [2.05, 4.69) is 16.0 Å². The number of methoxy groups -OCH3 is 6. The number of carboxylic acid groups (broad SMARTS) is 1. The maximum atomic E-state index is 12.3. The van der Waals surface area contributed by atoms with Crippen LogP contribution in [0.15, 0.2) is 48.5 Å². The molecule has 60 heavy (non-hydrogen) atoms. The molecule has 0 saturated carbocycles. The fourth-order valence-electron chi connectivity index (χ4n) is 7.98. The molecule has 0 heterocycles. The Hall–Kier alpha value is -6.64. The average molecular weight is 827 g/mol. The van der Waals surface area contributed by atoms with Crippen LogP contribution in [0.3, 0.4) is 0 Å². The minimum atomic E-state index is -0.935. The predicted octanol–water partition coefficient (Wildman–Crippen LogP) is 6.78. The van der Waals surface area contributed by atoms with Gasteiger partial charge in [-0.1, -0.05) is 12.1 Å². The topological polar surface area (TPSA) is 206 Å². The normalized spacial score (nSPS) is 14.7. The number of fused-ring (bicyclic) bond motifs is 6. The molecule has 0 unspecified atom stereocenters. The second-order valence-corrected chi connectivity index (χ2v) is 14.4. The molecular weight excluding hydrogens is 773 g/mol. The van der Waals surface area contributed by atoms with E-state index >= 15 is 0 Å². The molecule has 0 fully saturated rings. The molecule has 0 saturated heterocycles. The number of nitrogens with two attached hydrogens (primary N) is 1. The molecule has 0 aliphatic heterocycles. The van der Waals surface area contributed by atoms with Crippen molar-refractivity contribution in [2.24, 2.45) is 0 Å². The molecule has 6 N–H and O–H groups in total. The Kier molecular flexibility index (Phi) is 14.7. The lowest BCUT2D eigenvalue weighted by Gasteiger charge is -2.21. The minimum Gasteiger partial charge on any atom is -0.493 e. The van der Waals surface area contributed by atoms with E-state index in [-0.39, 0.29) is 49.1 Å². The van der Waals surface area contributed by atoms with Gasteiger partial charge in [0.2, 0.25) is 29.2 Å². The number of aliphatic carboxylic acids is 1. The zero-order chi connectivity index (χ0) is 43.7. The van der Waals surface area contributed by atoms with Crippen molar-refractivity contribution in [3.8, 4) is 56.8 Å². The number of nitrogens with one attached hydrogen (secondary N) is 3. The van der Waals surface area contributed by atoms with Gasteiger partial charge < -0.3 is 55.2 Å². The highest BCUT2D eigenvalue weighted by molar-refractivity contribution is 5.92. The SMILES string of the molecule is COc1cc2c(c(OC)c1OC)-c1ccc(N)cc1[C@@H](NC(C)=O)CC2.COc1cc2c(c(OC)c1OC)-c1ccc(NC(=O)CCCC(=O)O)cc1[C@@H](NC(C)=O)CC2. The van der Waals surface area contributed by atoms with Gasteiger partial charge in [0.1, 0.15) is 0 Å². The van der Waals surface area contributed by atoms with Gasteiger partial charge >= 0.3 is 5.97 Å². The molecule has 0 spiro atoms. The molecule has 3 amide bonds. The first kappa shape index (κ1) is 44.5. The van der Waals surface area contributed by atoms with Gasteiger partial charge in [-0.2, -0.15) is 0 Å². The molecule has 2 aliphatic rings. The van der Waals surface area contributed by atoms with E-state index in [1.165, 1.54) is 13.8 Å². The number of amides is 3. The second-order valence-electron chi connectivity index (χ2n) is 14.4. The van der Waals surface area contributed by atoms with Crippen LogP contribution in [0.25, 0.3) is 22.3 Å². The van der Waals surface area contributed by atoms with Crippen LogP contribution in [0, 0.1) is 0 Å². The number of carboxylic acids is 1. The van der Waals surface area contributed by atoms with E-state index in [1.807, 2.05) is 42.5 Å². The molecule has 2 atom stereocenters.